The maximum absolute atomic E-state index is 2.42. The van der Waals surface area contributed by atoms with E-state index in [0.717, 1.165) is 0 Å². The highest BCUT2D eigenvalue weighted by atomic mass is 32.2. The minimum absolute atomic E-state index is 1.30. The fourth-order valence-corrected chi connectivity index (χ4v) is 3.62. The lowest BCUT2D eigenvalue weighted by Crippen LogP contribution is -1.83. The molecule has 0 aromatic carbocycles. The molecule has 0 aliphatic rings. The summed E-state index contributed by atoms with van der Waals surface area (Å²) in [6.45, 7) is 4.56. The van der Waals surface area contributed by atoms with E-state index in [1.165, 1.54) is 115 Å². The van der Waals surface area contributed by atoms with E-state index in [4.69, 9.17) is 0 Å². The van der Waals surface area contributed by atoms with Gasteiger partial charge in [-0.25, -0.2) is 0 Å². The van der Waals surface area contributed by atoms with E-state index in [1.807, 2.05) is 11.8 Å². The minimum Gasteiger partial charge on any atom is -0.157 e. The van der Waals surface area contributed by atoms with Crippen LogP contribution in [0.15, 0.2) is 0 Å². The van der Waals surface area contributed by atoms with Crippen LogP contribution < -0.4 is 0 Å². The molecule has 0 rings (SSSR count). The van der Waals surface area contributed by atoms with Crippen LogP contribution in [0.5, 0.6) is 0 Å². The smallest absolute Gasteiger partial charge is 0.0166 e. The summed E-state index contributed by atoms with van der Waals surface area (Å²) in [5.41, 5.74) is 0. The van der Waals surface area contributed by atoms with E-state index in [0.29, 0.717) is 0 Å². The first-order valence-corrected chi connectivity index (χ1v) is 11.4. The molecule has 0 N–H and O–H groups in total. The van der Waals surface area contributed by atoms with Gasteiger partial charge in [-0.1, -0.05) is 110 Å². The average Bonchev–Trinajstić information content (AvgIpc) is 2.54. The van der Waals surface area contributed by atoms with Crippen LogP contribution in [0.25, 0.3) is 0 Å². The molecule has 133 valence electrons. The molecule has 0 aliphatic heterocycles. The molecule has 0 aromatic heterocycles. The second kappa shape index (κ2) is 21.4. The summed E-state index contributed by atoms with van der Waals surface area (Å²) >= 11 is 2.01. The van der Waals surface area contributed by atoms with Gasteiger partial charge in [0.15, 0.2) is 0 Å². The van der Waals surface area contributed by atoms with Crippen LogP contribution in [0.4, 0.5) is 0 Å². The lowest BCUT2D eigenvalue weighted by Gasteiger charge is -2.03. The molecule has 0 aromatic rings. The molecule has 0 heterocycles. The highest BCUT2D eigenvalue weighted by Crippen LogP contribution is 2.16. The molecular formula is C21H43S. The van der Waals surface area contributed by atoms with Gasteiger partial charge < -0.3 is 0 Å². The van der Waals surface area contributed by atoms with Crippen molar-refractivity contribution in [2.24, 2.45) is 0 Å². The Morgan fingerprint density at radius 3 is 1.32 bits per heavy atom. The van der Waals surface area contributed by atoms with Crippen molar-refractivity contribution < 1.29 is 0 Å². The fourth-order valence-electron chi connectivity index (χ4n) is 2.88. The number of rotatable bonds is 19. The van der Waals surface area contributed by atoms with Crippen LogP contribution in [0.3, 0.4) is 0 Å². The van der Waals surface area contributed by atoms with Gasteiger partial charge in [0.25, 0.3) is 0 Å². The molecule has 0 fully saturated rings. The van der Waals surface area contributed by atoms with Crippen LogP contribution in [-0.2, 0) is 0 Å². The van der Waals surface area contributed by atoms with Gasteiger partial charge in [-0.05, 0) is 18.6 Å². The second-order valence-electron chi connectivity index (χ2n) is 6.78. The topological polar surface area (TPSA) is 0 Å². The number of thioether (sulfide) groups is 1. The highest BCUT2D eigenvalue weighted by molar-refractivity contribution is 8.01. The zero-order valence-electron chi connectivity index (χ0n) is 15.7. The molecule has 0 bridgehead atoms. The van der Waals surface area contributed by atoms with Crippen LogP contribution in [0.1, 0.15) is 123 Å². The van der Waals surface area contributed by atoms with Crippen LogP contribution in [-0.4, -0.2) is 5.75 Å². The maximum Gasteiger partial charge on any atom is 0.0166 e. The highest BCUT2D eigenvalue weighted by Gasteiger charge is 1.95. The van der Waals surface area contributed by atoms with Crippen molar-refractivity contribution in [1.82, 2.24) is 0 Å². The molecular weight excluding hydrogens is 284 g/mol. The first-order valence-electron chi connectivity index (χ1n) is 10.3. The van der Waals surface area contributed by atoms with Gasteiger partial charge in [-0.15, -0.1) is 0 Å². The van der Waals surface area contributed by atoms with E-state index in [9.17, 15) is 0 Å². The Kier molecular flexibility index (Phi) is 21.7. The Bertz CT molecular complexity index is 159. The van der Waals surface area contributed by atoms with Crippen LogP contribution in [0.2, 0.25) is 0 Å². The zero-order valence-corrected chi connectivity index (χ0v) is 16.5. The molecule has 1 heteroatoms. The Balaban J connectivity index is 2.91. The lowest BCUT2D eigenvalue weighted by molar-refractivity contribution is 0.532. The summed E-state index contributed by atoms with van der Waals surface area (Å²) in [6.07, 6.45) is 24.5. The summed E-state index contributed by atoms with van der Waals surface area (Å²) in [5.74, 6) is 3.73. The van der Waals surface area contributed by atoms with Gasteiger partial charge in [0.2, 0.25) is 0 Å². The standard InChI is InChI=1S/C21H43S/c1-3-5-6-7-8-9-10-11-12-13-14-15-16-17-18-19-21-22-20-4-2/h21H,3-20H2,1-2H3. The third kappa shape index (κ3) is 20.3. The maximum atomic E-state index is 2.42. The Morgan fingerprint density at radius 2 is 0.909 bits per heavy atom. The number of hydrogen-bond donors (Lipinski definition) is 0. The van der Waals surface area contributed by atoms with Crippen molar-refractivity contribution in [2.75, 3.05) is 5.75 Å². The summed E-state index contributed by atoms with van der Waals surface area (Å²) in [5, 5.41) is 0. The summed E-state index contributed by atoms with van der Waals surface area (Å²) in [7, 11) is 0. The van der Waals surface area contributed by atoms with Crippen molar-refractivity contribution in [2.45, 2.75) is 123 Å². The predicted molar refractivity (Wildman–Crippen MR) is 107 cm³/mol. The molecule has 0 saturated carbocycles. The fraction of sp³-hybridized carbons (Fsp3) is 0.952. The number of unbranched alkanes of at least 4 members (excludes halogenated alkanes) is 15. The molecule has 0 atom stereocenters. The van der Waals surface area contributed by atoms with Crippen molar-refractivity contribution in [1.29, 1.82) is 0 Å². The third-order valence-corrected chi connectivity index (χ3v) is 5.48. The van der Waals surface area contributed by atoms with Gasteiger partial charge >= 0.3 is 0 Å². The summed E-state index contributed by atoms with van der Waals surface area (Å²) in [6, 6.07) is 0. The van der Waals surface area contributed by atoms with Gasteiger partial charge in [0, 0.05) is 5.75 Å². The van der Waals surface area contributed by atoms with Crippen molar-refractivity contribution in [3.8, 4) is 0 Å². The molecule has 0 aliphatic carbocycles. The monoisotopic (exact) mass is 327 g/mol. The first-order chi connectivity index (χ1) is 10.9. The Morgan fingerprint density at radius 1 is 0.500 bits per heavy atom. The van der Waals surface area contributed by atoms with E-state index >= 15 is 0 Å². The molecule has 0 amide bonds. The quantitative estimate of drug-likeness (QED) is 0.214. The zero-order chi connectivity index (χ0) is 16.1. The van der Waals surface area contributed by atoms with Crippen molar-refractivity contribution >= 4 is 11.8 Å². The van der Waals surface area contributed by atoms with Gasteiger partial charge in [-0.3, -0.25) is 0 Å². The number of hydrogen-bond acceptors (Lipinski definition) is 1. The Labute approximate surface area is 146 Å². The van der Waals surface area contributed by atoms with Gasteiger partial charge in [0.05, 0.1) is 0 Å². The van der Waals surface area contributed by atoms with E-state index < -0.39 is 0 Å². The SMILES string of the molecule is CCCCCCCCCCCCCCCCC[CH]SCCC. The Hall–Kier alpha value is 0.350. The molecule has 0 unspecified atom stereocenters. The summed E-state index contributed by atoms with van der Waals surface area (Å²) in [4.78, 5) is 0. The first kappa shape index (κ1) is 22.4. The molecule has 1 radical (unpaired) electrons. The largest absolute Gasteiger partial charge is 0.157 e. The average molecular weight is 328 g/mol. The molecule has 0 saturated heterocycles. The third-order valence-electron chi connectivity index (χ3n) is 4.37. The second-order valence-corrected chi connectivity index (χ2v) is 7.85. The molecule has 0 nitrogen and oxygen atoms in total. The molecule has 0 spiro atoms. The van der Waals surface area contributed by atoms with E-state index in [-0.39, 0.29) is 0 Å². The van der Waals surface area contributed by atoms with Gasteiger partial charge in [-0.2, -0.15) is 11.8 Å². The minimum atomic E-state index is 1.30. The predicted octanol–water partition coefficient (Wildman–Crippen LogP) is 8.55. The van der Waals surface area contributed by atoms with E-state index in [2.05, 4.69) is 19.6 Å². The van der Waals surface area contributed by atoms with E-state index in [1.54, 1.807) is 0 Å². The lowest BCUT2D eigenvalue weighted by atomic mass is 10.0. The normalized spacial score (nSPS) is 11.2. The summed E-state index contributed by atoms with van der Waals surface area (Å²) < 4.78 is 0. The van der Waals surface area contributed by atoms with Crippen molar-refractivity contribution in [3.05, 3.63) is 5.75 Å². The van der Waals surface area contributed by atoms with Crippen LogP contribution in [0, 0.1) is 5.75 Å². The molecule has 22 heavy (non-hydrogen) atoms. The van der Waals surface area contributed by atoms with Gasteiger partial charge in [0.1, 0.15) is 0 Å². The van der Waals surface area contributed by atoms with Crippen LogP contribution >= 0.6 is 11.8 Å². The van der Waals surface area contributed by atoms with Crippen molar-refractivity contribution in [3.63, 3.8) is 0 Å².